The lowest BCUT2D eigenvalue weighted by Gasteiger charge is -2.39. The lowest BCUT2D eigenvalue weighted by molar-refractivity contribution is -0.137. The number of hydrogen-bond acceptors (Lipinski definition) is 7. The van der Waals surface area contributed by atoms with E-state index in [1.165, 1.54) is 32.9 Å². The summed E-state index contributed by atoms with van der Waals surface area (Å²) in [4.78, 5) is 34.1. The van der Waals surface area contributed by atoms with Gasteiger partial charge in [0.25, 0.3) is 5.91 Å². The average molecular weight is 549 g/mol. The standard InChI is InChI=1S/C26H31F3N6O4/c1-4-7-12-39-25(38)35-20-22(33(6-3)24(37)34(11-5-2)23(20)36)31-21(35)18-14-30-32(16-18)15-17-9-8-10-19(13-17)26(27,28)29/h8-10,13-14,16,24,37H,4-7,11-12,15H2,1-3H3. The average Bonchev–Trinajstić information content (AvgIpc) is 3.52. The number of aromatic nitrogens is 4. The molecule has 10 nitrogen and oxygen atoms in total. The number of fused-ring (bicyclic) bond motifs is 1. The SMILES string of the molecule is CCCCOC(=O)n1c(-c2cnn(Cc3cccc(C(F)(F)F)c3)c2)nc2c1C(=O)N(CCC)C(O)N2CC. The first-order valence-electron chi connectivity index (χ1n) is 12.8. The summed E-state index contributed by atoms with van der Waals surface area (Å²) in [5, 5.41) is 15.1. The van der Waals surface area contributed by atoms with Crippen LogP contribution in [-0.2, 0) is 17.5 Å². The highest BCUT2D eigenvalue weighted by atomic mass is 19.4. The Kier molecular flexibility index (Phi) is 8.28. The molecule has 3 aromatic rings. The summed E-state index contributed by atoms with van der Waals surface area (Å²) in [5.74, 6) is -0.351. The number of hydrogen-bond donors (Lipinski definition) is 1. The predicted molar refractivity (Wildman–Crippen MR) is 136 cm³/mol. The van der Waals surface area contributed by atoms with E-state index in [0.717, 1.165) is 23.1 Å². The maximum atomic E-state index is 13.5. The number of ether oxygens (including phenoxy) is 1. The second-order valence-corrected chi connectivity index (χ2v) is 9.17. The van der Waals surface area contributed by atoms with E-state index < -0.39 is 30.1 Å². The number of nitrogens with zero attached hydrogens (tertiary/aromatic N) is 6. The molecule has 1 unspecified atom stereocenters. The lowest BCUT2D eigenvalue weighted by Crippen LogP contribution is -2.56. The van der Waals surface area contributed by atoms with E-state index in [1.807, 2.05) is 13.8 Å². The van der Waals surface area contributed by atoms with E-state index in [1.54, 1.807) is 13.0 Å². The van der Waals surface area contributed by atoms with Gasteiger partial charge in [0.2, 0.25) is 6.35 Å². The minimum absolute atomic E-state index is 0.0299. The number of halogens is 3. The highest BCUT2D eigenvalue weighted by Crippen LogP contribution is 2.35. The topological polar surface area (TPSA) is 106 Å². The van der Waals surface area contributed by atoms with Gasteiger partial charge in [-0.15, -0.1) is 0 Å². The Balaban J connectivity index is 1.76. The molecular weight excluding hydrogens is 517 g/mol. The third-order valence-corrected chi connectivity index (χ3v) is 6.35. The van der Waals surface area contributed by atoms with E-state index in [0.29, 0.717) is 30.5 Å². The quantitative estimate of drug-likeness (QED) is 0.391. The fraction of sp³-hybridized carbons (Fsp3) is 0.462. The second-order valence-electron chi connectivity index (χ2n) is 9.17. The molecule has 13 heteroatoms. The lowest BCUT2D eigenvalue weighted by atomic mass is 10.1. The van der Waals surface area contributed by atoms with Crippen LogP contribution in [0.1, 0.15) is 61.6 Å². The van der Waals surface area contributed by atoms with Crippen molar-refractivity contribution >= 4 is 17.8 Å². The normalized spacial score (nSPS) is 15.6. The number of anilines is 1. The number of unbranched alkanes of at least 4 members (excludes halogenated alkanes) is 1. The Morgan fingerprint density at radius 2 is 1.92 bits per heavy atom. The Hall–Kier alpha value is -3.87. The van der Waals surface area contributed by atoms with Crippen molar-refractivity contribution in [3.63, 3.8) is 0 Å². The third kappa shape index (κ3) is 5.63. The van der Waals surface area contributed by atoms with Crippen molar-refractivity contribution in [1.29, 1.82) is 0 Å². The van der Waals surface area contributed by atoms with Gasteiger partial charge in [0.1, 0.15) is 0 Å². The van der Waals surface area contributed by atoms with Crippen molar-refractivity contribution in [1.82, 2.24) is 24.2 Å². The molecule has 0 saturated carbocycles. The molecule has 39 heavy (non-hydrogen) atoms. The van der Waals surface area contributed by atoms with Crippen LogP contribution in [0.25, 0.3) is 11.4 Å². The van der Waals surface area contributed by atoms with Crippen LogP contribution in [0.4, 0.5) is 23.8 Å². The molecular formula is C26H31F3N6O4. The van der Waals surface area contributed by atoms with Gasteiger partial charge in [-0.3, -0.25) is 14.4 Å². The maximum Gasteiger partial charge on any atom is 0.420 e. The fourth-order valence-electron chi connectivity index (χ4n) is 4.43. The molecule has 3 heterocycles. The molecule has 1 atom stereocenters. The number of carbonyl (C=O) groups is 2. The molecule has 0 bridgehead atoms. The summed E-state index contributed by atoms with van der Waals surface area (Å²) in [6, 6.07) is 4.93. The number of imidazole rings is 1. The Labute approximate surface area is 223 Å². The van der Waals surface area contributed by atoms with Gasteiger partial charge in [-0.25, -0.2) is 14.3 Å². The molecule has 4 rings (SSSR count). The smallest absolute Gasteiger partial charge is 0.420 e. The van der Waals surface area contributed by atoms with Crippen molar-refractivity contribution in [3.8, 4) is 11.4 Å². The zero-order chi connectivity index (χ0) is 28.3. The summed E-state index contributed by atoms with van der Waals surface area (Å²) < 4.78 is 47.4. The highest BCUT2D eigenvalue weighted by molar-refractivity contribution is 6.03. The maximum absolute atomic E-state index is 13.5. The number of rotatable bonds is 9. The molecule has 1 N–H and O–H groups in total. The van der Waals surface area contributed by atoms with Gasteiger partial charge in [0, 0.05) is 19.3 Å². The van der Waals surface area contributed by atoms with Crippen molar-refractivity contribution < 1.29 is 32.6 Å². The number of carbonyl (C=O) groups excluding carboxylic acids is 2. The van der Waals surface area contributed by atoms with Gasteiger partial charge in [0.05, 0.1) is 30.5 Å². The summed E-state index contributed by atoms with van der Waals surface area (Å²) in [7, 11) is 0. The van der Waals surface area contributed by atoms with Crippen LogP contribution in [0.5, 0.6) is 0 Å². The van der Waals surface area contributed by atoms with Crippen molar-refractivity contribution in [2.75, 3.05) is 24.6 Å². The largest absolute Gasteiger partial charge is 0.449 e. The summed E-state index contributed by atoms with van der Waals surface area (Å²) >= 11 is 0. The minimum atomic E-state index is -4.47. The number of aliphatic hydroxyl groups is 1. The Morgan fingerprint density at radius 1 is 1.15 bits per heavy atom. The van der Waals surface area contributed by atoms with E-state index in [9.17, 15) is 27.9 Å². The zero-order valence-corrected chi connectivity index (χ0v) is 22.0. The van der Waals surface area contributed by atoms with Crippen LogP contribution in [0, 0.1) is 0 Å². The Morgan fingerprint density at radius 3 is 2.59 bits per heavy atom. The van der Waals surface area contributed by atoms with Crippen LogP contribution >= 0.6 is 0 Å². The van der Waals surface area contributed by atoms with E-state index in [2.05, 4.69) is 10.1 Å². The third-order valence-electron chi connectivity index (χ3n) is 6.35. The monoisotopic (exact) mass is 548 g/mol. The van der Waals surface area contributed by atoms with Crippen LogP contribution in [0.15, 0.2) is 36.7 Å². The van der Waals surface area contributed by atoms with Crippen LogP contribution in [-0.4, -0.2) is 67.4 Å². The molecule has 1 aliphatic rings. The summed E-state index contributed by atoms with van der Waals surface area (Å²) in [6.45, 7) is 6.35. The number of benzene rings is 1. The number of alkyl halides is 3. The van der Waals surface area contributed by atoms with Gasteiger partial charge in [0.15, 0.2) is 17.3 Å². The van der Waals surface area contributed by atoms with Crippen molar-refractivity contribution in [2.24, 2.45) is 0 Å². The zero-order valence-electron chi connectivity index (χ0n) is 22.0. The van der Waals surface area contributed by atoms with Gasteiger partial charge in [-0.05, 0) is 37.5 Å². The molecule has 2 aromatic heterocycles. The van der Waals surface area contributed by atoms with Gasteiger partial charge < -0.3 is 14.7 Å². The van der Waals surface area contributed by atoms with Crippen molar-refractivity contribution in [2.45, 2.75) is 59.1 Å². The predicted octanol–water partition coefficient (Wildman–Crippen LogP) is 4.57. The number of amides is 1. The first-order chi connectivity index (χ1) is 18.6. The molecule has 0 radical (unpaired) electrons. The molecule has 0 aliphatic carbocycles. The number of aliphatic hydroxyl groups excluding tert-OH is 1. The molecule has 0 fully saturated rings. The Bertz CT molecular complexity index is 1340. The van der Waals surface area contributed by atoms with E-state index in [-0.39, 0.29) is 37.0 Å². The molecule has 1 amide bonds. The summed E-state index contributed by atoms with van der Waals surface area (Å²) in [5.41, 5.74) is -0.0625. The first-order valence-corrected chi connectivity index (χ1v) is 12.8. The van der Waals surface area contributed by atoms with Crippen LogP contribution < -0.4 is 4.90 Å². The van der Waals surface area contributed by atoms with Gasteiger partial charge >= 0.3 is 12.3 Å². The summed E-state index contributed by atoms with van der Waals surface area (Å²) in [6.07, 6.45) is -1.57. The van der Waals surface area contributed by atoms with Gasteiger partial charge in [-0.1, -0.05) is 32.4 Å². The second kappa shape index (κ2) is 11.5. The molecule has 1 aliphatic heterocycles. The van der Waals surface area contributed by atoms with Crippen LogP contribution in [0.2, 0.25) is 0 Å². The van der Waals surface area contributed by atoms with Crippen LogP contribution in [0.3, 0.4) is 0 Å². The molecule has 210 valence electrons. The molecule has 0 spiro atoms. The van der Waals surface area contributed by atoms with Gasteiger partial charge in [-0.2, -0.15) is 18.3 Å². The van der Waals surface area contributed by atoms with Crippen molar-refractivity contribution in [3.05, 3.63) is 53.5 Å². The highest BCUT2D eigenvalue weighted by Gasteiger charge is 2.42. The fourth-order valence-corrected chi connectivity index (χ4v) is 4.43. The molecule has 0 saturated heterocycles. The first kappa shape index (κ1) is 28.1. The van der Waals surface area contributed by atoms with E-state index in [4.69, 9.17) is 4.74 Å². The molecule has 1 aromatic carbocycles. The minimum Gasteiger partial charge on any atom is -0.449 e. The van der Waals surface area contributed by atoms with E-state index >= 15 is 0 Å².